The van der Waals surface area contributed by atoms with E-state index in [0.717, 1.165) is 16.6 Å². The molecule has 0 radical (unpaired) electrons. The number of carbonyl (C=O) groups is 2. The zero-order valence-electron chi connectivity index (χ0n) is 23.3. The molecule has 0 fully saturated rings. The van der Waals surface area contributed by atoms with Crippen LogP contribution in [0, 0.1) is 6.92 Å². The summed E-state index contributed by atoms with van der Waals surface area (Å²) < 4.78 is 7.21. The molecular formula is C31H37N5O3. The van der Waals surface area contributed by atoms with E-state index in [1.807, 2.05) is 101 Å². The lowest BCUT2D eigenvalue weighted by molar-refractivity contribution is -0.142. The van der Waals surface area contributed by atoms with E-state index in [9.17, 15) is 9.59 Å². The van der Waals surface area contributed by atoms with Crippen molar-refractivity contribution >= 4 is 22.8 Å². The minimum atomic E-state index is -0.841. The number of nitrogens with zero attached hydrogens (tertiary/aromatic N) is 4. The van der Waals surface area contributed by atoms with Crippen LogP contribution in [0.1, 0.15) is 50.4 Å². The molecule has 0 unspecified atom stereocenters. The lowest BCUT2D eigenvalue weighted by Gasteiger charge is -2.34. The summed E-state index contributed by atoms with van der Waals surface area (Å²) >= 11 is 0. The predicted molar refractivity (Wildman–Crippen MR) is 152 cm³/mol. The van der Waals surface area contributed by atoms with Crippen molar-refractivity contribution < 1.29 is 14.3 Å². The molecule has 1 aromatic heterocycles. The molecule has 0 bridgehead atoms. The van der Waals surface area contributed by atoms with Crippen molar-refractivity contribution in [2.45, 2.75) is 59.2 Å². The third-order valence-electron chi connectivity index (χ3n) is 6.31. The van der Waals surface area contributed by atoms with Gasteiger partial charge in [0.05, 0.1) is 12.1 Å². The van der Waals surface area contributed by atoms with Gasteiger partial charge in [-0.15, -0.1) is 5.10 Å². The monoisotopic (exact) mass is 527 g/mol. The molecule has 8 heteroatoms. The highest BCUT2D eigenvalue weighted by atomic mass is 16.5. The zero-order chi connectivity index (χ0) is 28.0. The van der Waals surface area contributed by atoms with Crippen LogP contribution in [0.15, 0.2) is 72.8 Å². The van der Waals surface area contributed by atoms with Gasteiger partial charge >= 0.3 is 0 Å². The first-order valence-electron chi connectivity index (χ1n) is 13.3. The maximum absolute atomic E-state index is 14.0. The molecule has 39 heavy (non-hydrogen) atoms. The Labute approximate surface area is 230 Å². The van der Waals surface area contributed by atoms with Gasteiger partial charge in [0, 0.05) is 12.1 Å². The molecule has 0 spiro atoms. The molecular weight excluding hydrogens is 490 g/mol. The highest BCUT2D eigenvalue weighted by molar-refractivity contribution is 5.89. The van der Waals surface area contributed by atoms with Crippen LogP contribution in [-0.2, 0) is 22.6 Å². The number of para-hydroxylation sites is 1. The molecule has 0 saturated carbocycles. The second kappa shape index (κ2) is 12.1. The van der Waals surface area contributed by atoms with Gasteiger partial charge < -0.3 is 15.0 Å². The Hall–Kier alpha value is -4.20. The summed E-state index contributed by atoms with van der Waals surface area (Å²) in [4.78, 5) is 29.5. The number of amides is 2. The maximum Gasteiger partial charge on any atom is 0.247 e. The lowest BCUT2D eigenvalue weighted by Crippen LogP contribution is -2.50. The number of rotatable bonds is 10. The molecule has 1 heterocycles. The van der Waals surface area contributed by atoms with Crippen molar-refractivity contribution in [2.75, 3.05) is 13.2 Å². The summed E-state index contributed by atoms with van der Waals surface area (Å²) in [6.07, 6.45) is 0.599. The molecule has 0 aliphatic rings. The third kappa shape index (κ3) is 7.22. The van der Waals surface area contributed by atoms with Crippen molar-refractivity contribution in [1.29, 1.82) is 0 Å². The summed E-state index contributed by atoms with van der Waals surface area (Å²) in [5.41, 5.74) is 3.95. The van der Waals surface area contributed by atoms with Gasteiger partial charge in [0.2, 0.25) is 11.8 Å². The van der Waals surface area contributed by atoms with Gasteiger partial charge in [-0.3, -0.25) is 9.59 Å². The van der Waals surface area contributed by atoms with Crippen molar-refractivity contribution in [3.8, 4) is 5.75 Å². The number of nitrogens with one attached hydrogen (secondary N) is 1. The van der Waals surface area contributed by atoms with Gasteiger partial charge in [-0.1, -0.05) is 59.3 Å². The Morgan fingerprint density at radius 2 is 1.77 bits per heavy atom. The minimum absolute atomic E-state index is 0.0370. The zero-order valence-corrected chi connectivity index (χ0v) is 23.3. The molecule has 0 aliphatic heterocycles. The molecule has 8 nitrogen and oxygen atoms in total. The molecule has 2 amide bonds. The Kier molecular flexibility index (Phi) is 8.64. The highest BCUT2D eigenvalue weighted by Crippen LogP contribution is 2.26. The van der Waals surface area contributed by atoms with Crippen LogP contribution in [0.4, 0.5) is 0 Å². The van der Waals surface area contributed by atoms with Crippen LogP contribution in [0.3, 0.4) is 0 Å². The number of aromatic nitrogens is 3. The molecule has 0 aliphatic carbocycles. The maximum atomic E-state index is 14.0. The number of carbonyl (C=O) groups excluding carboxylic acids is 2. The Morgan fingerprint density at radius 3 is 2.46 bits per heavy atom. The molecule has 4 aromatic rings. The predicted octanol–water partition coefficient (Wildman–Crippen LogP) is 4.87. The highest BCUT2D eigenvalue weighted by Gasteiger charge is 2.33. The molecule has 204 valence electrons. The summed E-state index contributed by atoms with van der Waals surface area (Å²) in [5, 5.41) is 11.5. The van der Waals surface area contributed by atoms with E-state index >= 15 is 0 Å². The van der Waals surface area contributed by atoms with Gasteiger partial charge in [0.1, 0.15) is 23.9 Å². The molecule has 1 atom stereocenters. The van der Waals surface area contributed by atoms with Crippen LogP contribution < -0.4 is 10.1 Å². The average Bonchev–Trinajstić information content (AvgIpc) is 3.29. The quantitative estimate of drug-likeness (QED) is 0.318. The largest absolute Gasteiger partial charge is 0.494 e. The fraction of sp³-hybridized carbons (Fsp3) is 0.355. The molecule has 4 rings (SSSR count). The Bertz CT molecular complexity index is 1420. The number of fused-ring (bicyclic) bond motifs is 1. The van der Waals surface area contributed by atoms with Gasteiger partial charge in [0.25, 0.3) is 0 Å². The van der Waals surface area contributed by atoms with Crippen molar-refractivity contribution in [3.05, 3.63) is 89.5 Å². The SMILES string of the molecule is CCOc1ccc([C@H](C(=O)NC(C)(C)C)N(CCc2cccc(C)c2)C(=O)Cn2nnc3ccccc32)cc1. The van der Waals surface area contributed by atoms with Gasteiger partial charge in [-0.25, -0.2) is 4.68 Å². The first-order valence-corrected chi connectivity index (χ1v) is 13.3. The summed E-state index contributed by atoms with van der Waals surface area (Å²) in [6, 6.07) is 22.3. The number of hydrogen-bond donors (Lipinski definition) is 1. The molecule has 3 aromatic carbocycles. The first-order chi connectivity index (χ1) is 18.6. The molecule has 0 saturated heterocycles. The third-order valence-corrected chi connectivity index (χ3v) is 6.31. The average molecular weight is 528 g/mol. The number of benzene rings is 3. The van der Waals surface area contributed by atoms with E-state index in [1.165, 1.54) is 0 Å². The second-order valence-electron chi connectivity index (χ2n) is 10.7. The van der Waals surface area contributed by atoms with Crippen LogP contribution >= 0.6 is 0 Å². The normalized spacial score (nSPS) is 12.2. The van der Waals surface area contributed by atoms with Crippen molar-refractivity contribution in [3.63, 3.8) is 0 Å². The van der Waals surface area contributed by atoms with E-state index in [0.29, 0.717) is 36.4 Å². The van der Waals surface area contributed by atoms with E-state index in [-0.39, 0.29) is 18.4 Å². The molecule has 1 N–H and O–H groups in total. The minimum Gasteiger partial charge on any atom is -0.494 e. The van der Waals surface area contributed by atoms with Crippen LogP contribution in [-0.4, -0.2) is 50.4 Å². The number of ether oxygens (including phenoxy) is 1. The fourth-order valence-corrected chi connectivity index (χ4v) is 4.59. The Balaban J connectivity index is 1.72. The van der Waals surface area contributed by atoms with Gasteiger partial charge in [0.15, 0.2) is 0 Å². The summed E-state index contributed by atoms with van der Waals surface area (Å²) in [5.74, 6) is 0.247. The smallest absolute Gasteiger partial charge is 0.247 e. The van der Waals surface area contributed by atoms with E-state index in [2.05, 4.69) is 21.7 Å². The fourth-order valence-electron chi connectivity index (χ4n) is 4.59. The summed E-state index contributed by atoms with van der Waals surface area (Å²) in [6.45, 7) is 10.6. The van der Waals surface area contributed by atoms with Crippen LogP contribution in [0.2, 0.25) is 0 Å². The Morgan fingerprint density at radius 1 is 1.03 bits per heavy atom. The van der Waals surface area contributed by atoms with Crippen LogP contribution in [0.5, 0.6) is 5.75 Å². The topological polar surface area (TPSA) is 89.4 Å². The van der Waals surface area contributed by atoms with Gasteiger partial charge in [-0.05, 0) is 76.4 Å². The van der Waals surface area contributed by atoms with E-state index in [1.54, 1.807) is 9.58 Å². The summed E-state index contributed by atoms with van der Waals surface area (Å²) in [7, 11) is 0. The van der Waals surface area contributed by atoms with Gasteiger partial charge in [-0.2, -0.15) is 0 Å². The van der Waals surface area contributed by atoms with Crippen LogP contribution in [0.25, 0.3) is 11.0 Å². The van der Waals surface area contributed by atoms with E-state index in [4.69, 9.17) is 4.74 Å². The lowest BCUT2D eigenvalue weighted by atomic mass is 10.00. The number of hydrogen-bond acceptors (Lipinski definition) is 5. The second-order valence-corrected chi connectivity index (χ2v) is 10.7. The van der Waals surface area contributed by atoms with Crippen molar-refractivity contribution in [2.24, 2.45) is 0 Å². The standard InChI is InChI=1S/C31H37N5O3/c1-6-39-25-16-14-24(15-17-25)29(30(38)32-31(3,4)5)35(19-18-23-11-9-10-22(2)20-23)28(37)21-36-27-13-8-7-12-26(27)33-34-36/h7-17,20,29H,6,18-19,21H2,1-5H3,(H,32,38)/t29-/m1/s1. The van der Waals surface area contributed by atoms with E-state index < -0.39 is 11.6 Å². The first kappa shape index (κ1) is 27.8. The number of aryl methyl sites for hydroxylation is 1. The van der Waals surface area contributed by atoms with Crippen molar-refractivity contribution in [1.82, 2.24) is 25.2 Å².